The van der Waals surface area contributed by atoms with Gasteiger partial charge in [0.25, 0.3) is 5.91 Å². The van der Waals surface area contributed by atoms with Crippen LogP contribution < -0.4 is 5.32 Å². The Kier molecular flexibility index (Phi) is 4.22. The molecule has 0 bridgehead atoms. The maximum Gasteiger partial charge on any atom is 0.262 e. The number of aromatic nitrogens is 3. The lowest BCUT2D eigenvalue weighted by Gasteiger charge is -2.15. The summed E-state index contributed by atoms with van der Waals surface area (Å²) in [5, 5.41) is 9.94. The van der Waals surface area contributed by atoms with Crippen molar-refractivity contribution in [2.75, 3.05) is 0 Å². The number of H-pyrrole nitrogens is 1. The first kappa shape index (κ1) is 14.7. The highest BCUT2D eigenvalue weighted by atomic mass is 35.5. The number of nitrogens with zero attached hydrogens (tertiary/aromatic N) is 2. The molecule has 0 aliphatic carbocycles. The molecule has 0 saturated carbocycles. The average Bonchev–Trinajstić information content (AvgIpc) is 3.14. The highest BCUT2D eigenvalue weighted by molar-refractivity contribution is 7.18. The minimum atomic E-state index is -0.417. The van der Waals surface area contributed by atoms with E-state index in [-0.39, 0.29) is 5.91 Å². The van der Waals surface area contributed by atoms with Gasteiger partial charge < -0.3 is 5.32 Å². The fourth-order valence-electron chi connectivity index (χ4n) is 2.07. The molecule has 5 nitrogen and oxygen atoms in total. The predicted molar refractivity (Wildman–Crippen MR) is 86.2 cm³/mol. The SMILES string of the molecule is Cc1nc(C(NC(=O)c2ccc(Cl)s2)c2ccccc2)n[nH]1. The summed E-state index contributed by atoms with van der Waals surface area (Å²) in [6.45, 7) is 1.82. The third kappa shape index (κ3) is 3.18. The maximum atomic E-state index is 12.4. The monoisotopic (exact) mass is 332 g/mol. The van der Waals surface area contributed by atoms with Crippen LogP contribution in [0.3, 0.4) is 0 Å². The maximum absolute atomic E-state index is 12.4. The predicted octanol–water partition coefficient (Wildman–Crippen LogP) is 3.35. The van der Waals surface area contributed by atoms with Crippen molar-refractivity contribution in [2.45, 2.75) is 13.0 Å². The fourth-order valence-corrected chi connectivity index (χ4v) is 3.02. The zero-order chi connectivity index (χ0) is 15.5. The number of aromatic amines is 1. The summed E-state index contributed by atoms with van der Waals surface area (Å²) >= 11 is 7.13. The van der Waals surface area contributed by atoms with Crippen LogP contribution in [0.25, 0.3) is 0 Å². The Labute approximate surface area is 136 Å². The summed E-state index contributed by atoms with van der Waals surface area (Å²) in [4.78, 5) is 17.3. The normalized spacial score (nSPS) is 12.1. The van der Waals surface area contributed by atoms with Gasteiger partial charge in [-0.1, -0.05) is 41.9 Å². The number of amides is 1. The van der Waals surface area contributed by atoms with Gasteiger partial charge in [-0.15, -0.1) is 11.3 Å². The molecule has 0 saturated heterocycles. The lowest BCUT2D eigenvalue weighted by atomic mass is 10.1. The molecular weight excluding hydrogens is 320 g/mol. The van der Waals surface area contributed by atoms with Gasteiger partial charge in [0.1, 0.15) is 11.9 Å². The first-order valence-corrected chi connectivity index (χ1v) is 7.83. The molecule has 0 radical (unpaired) electrons. The van der Waals surface area contributed by atoms with Crippen molar-refractivity contribution in [1.82, 2.24) is 20.5 Å². The molecule has 2 aromatic heterocycles. The standard InChI is InChI=1S/C15H13ClN4OS/c1-9-17-14(20-19-9)13(10-5-3-2-4-6-10)18-15(21)11-7-8-12(16)22-11/h2-8,13H,1H3,(H,18,21)(H,17,19,20). The summed E-state index contributed by atoms with van der Waals surface area (Å²) in [7, 11) is 0. The number of hydrogen-bond acceptors (Lipinski definition) is 4. The van der Waals surface area contributed by atoms with Crippen molar-refractivity contribution >= 4 is 28.8 Å². The molecule has 112 valence electrons. The van der Waals surface area contributed by atoms with Crippen molar-refractivity contribution in [2.24, 2.45) is 0 Å². The topological polar surface area (TPSA) is 70.7 Å². The molecule has 1 atom stereocenters. The molecule has 2 N–H and O–H groups in total. The molecule has 0 aliphatic heterocycles. The molecule has 3 rings (SSSR count). The molecule has 0 fully saturated rings. The van der Waals surface area contributed by atoms with Crippen molar-refractivity contribution < 1.29 is 4.79 Å². The first-order valence-electron chi connectivity index (χ1n) is 6.63. The molecule has 0 aliphatic rings. The summed E-state index contributed by atoms with van der Waals surface area (Å²) in [6.07, 6.45) is 0. The van der Waals surface area contributed by atoms with Gasteiger partial charge >= 0.3 is 0 Å². The highest BCUT2D eigenvalue weighted by Crippen LogP contribution is 2.24. The number of carbonyl (C=O) groups excluding carboxylic acids is 1. The van der Waals surface area contributed by atoms with Crippen LogP contribution in [-0.4, -0.2) is 21.1 Å². The Bertz CT molecular complexity index is 784. The summed E-state index contributed by atoms with van der Waals surface area (Å²) in [5.41, 5.74) is 0.914. The van der Waals surface area contributed by atoms with E-state index in [1.165, 1.54) is 11.3 Å². The van der Waals surface area contributed by atoms with E-state index in [9.17, 15) is 4.79 Å². The molecule has 1 unspecified atom stereocenters. The van der Waals surface area contributed by atoms with E-state index in [0.29, 0.717) is 20.9 Å². The van der Waals surface area contributed by atoms with E-state index in [1.807, 2.05) is 37.3 Å². The average molecular weight is 333 g/mol. The van der Waals surface area contributed by atoms with Gasteiger partial charge in [0.15, 0.2) is 5.82 Å². The van der Waals surface area contributed by atoms with Crippen molar-refractivity contribution in [3.8, 4) is 0 Å². The zero-order valence-corrected chi connectivity index (χ0v) is 13.3. The summed E-state index contributed by atoms with van der Waals surface area (Å²) in [6, 6.07) is 12.6. The smallest absolute Gasteiger partial charge is 0.262 e. The van der Waals surface area contributed by atoms with Crippen LogP contribution in [0.4, 0.5) is 0 Å². The molecule has 0 spiro atoms. The van der Waals surface area contributed by atoms with E-state index in [2.05, 4.69) is 20.5 Å². The van der Waals surface area contributed by atoms with E-state index >= 15 is 0 Å². The van der Waals surface area contributed by atoms with Crippen LogP contribution in [0, 0.1) is 6.92 Å². The summed E-state index contributed by atoms with van der Waals surface area (Å²) < 4.78 is 0.579. The number of nitrogens with one attached hydrogen (secondary N) is 2. The second kappa shape index (κ2) is 6.29. The zero-order valence-electron chi connectivity index (χ0n) is 11.7. The first-order chi connectivity index (χ1) is 10.6. The van der Waals surface area contributed by atoms with E-state index in [1.54, 1.807) is 12.1 Å². The molecule has 7 heteroatoms. The van der Waals surface area contributed by atoms with Crippen molar-refractivity contribution in [1.29, 1.82) is 0 Å². The van der Waals surface area contributed by atoms with E-state index in [0.717, 1.165) is 5.56 Å². The van der Waals surface area contributed by atoms with Gasteiger partial charge in [0.05, 0.1) is 9.21 Å². The van der Waals surface area contributed by atoms with Crippen LogP contribution in [0.15, 0.2) is 42.5 Å². The Morgan fingerprint density at radius 2 is 2.05 bits per heavy atom. The number of benzene rings is 1. The highest BCUT2D eigenvalue weighted by Gasteiger charge is 2.22. The van der Waals surface area contributed by atoms with Crippen LogP contribution in [0.1, 0.15) is 32.9 Å². The largest absolute Gasteiger partial charge is 0.337 e. The quantitative estimate of drug-likeness (QED) is 0.769. The second-order valence-corrected chi connectivity index (χ2v) is 6.42. The number of hydrogen-bond donors (Lipinski definition) is 2. The van der Waals surface area contributed by atoms with Gasteiger partial charge in [0, 0.05) is 0 Å². The van der Waals surface area contributed by atoms with E-state index < -0.39 is 6.04 Å². The number of halogens is 1. The van der Waals surface area contributed by atoms with Gasteiger partial charge in [-0.2, -0.15) is 5.10 Å². The summed E-state index contributed by atoms with van der Waals surface area (Å²) in [5.74, 6) is 1.03. The number of carbonyl (C=O) groups is 1. The third-order valence-electron chi connectivity index (χ3n) is 3.08. The lowest BCUT2D eigenvalue weighted by Crippen LogP contribution is -2.29. The molecule has 3 aromatic rings. The third-order valence-corrected chi connectivity index (χ3v) is 4.31. The number of rotatable bonds is 4. The second-order valence-electron chi connectivity index (χ2n) is 4.70. The molecular formula is C15H13ClN4OS. The number of aryl methyl sites for hydroxylation is 1. The Hall–Kier alpha value is -2.18. The Balaban J connectivity index is 1.91. The molecule has 22 heavy (non-hydrogen) atoms. The van der Waals surface area contributed by atoms with Crippen LogP contribution >= 0.6 is 22.9 Å². The van der Waals surface area contributed by atoms with Crippen LogP contribution in [0.5, 0.6) is 0 Å². The number of thiophene rings is 1. The minimum Gasteiger partial charge on any atom is -0.337 e. The van der Waals surface area contributed by atoms with Gasteiger partial charge in [-0.25, -0.2) is 4.98 Å². The molecule has 1 aromatic carbocycles. The van der Waals surface area contributed by atoms with Crippen molar-refractivity contribution in [3.05, 3.63) is 68.9 Å². The van der Waals surface area contributed by atoms with Crippen LogP contribution in [0.2, 0.25) is 4.34 Å². The van der Waals surface area contributed by atoms with Gasteiger partial charge in [-0.3, -0.25) is 9.89 Å². The van der Waals surface area contributed by atoms with Crippen LogP contribution in [-0.2, 0) is 0 Å². The van der Waals surface area contributed by atoms with Crippen molar-refractivity contribution in [3.63, 3.8) is 0 Å². The van der Waals surface area contributed by atoms with Gasteiger partial charge in [0.2, 0.25) is 0 Å². The molecule has 1 amide bonds. The fraction of sp³-hybridized carbons (Fsp3) is 0.133. The van der Waals surface area contributed by atoms with E-state index in [4.69, 9.17) is 11.6 Å². The lowest BCUT2D eigenvalue weighted by molar-refractivity contribution is 0.0945. The van der Waals surface area contributed by atoms with Gasteiger partial charge in [-0.05, 0) is 24.6 Å². The Morgan fingerprint density at radius 1 is 1.27 bits per heavy atom. The molecule has 2 heterocycles. The Morgan fingerprint density at radius 3 is 2.64 bits per heavy atom. The minimum absolute atomic E-state index is 0.201.